The number of carbonyl (C=O) groups excluding carboxylic acids is 2. The van der Waals surface area contributed by atoms with Gasteiger partial charge in [0.05, 0.1) is 5.02 Å². The first-order chi connectivity index (χ1) is 11.5. The molecule has 0 aliphatic carbocycles. The van der Waals surface area contributed by atoms with Crippen molar-refractivity contribution >= 4 is 23.5 Å². The van der Waals surface area contributed by atoms with E-state index in [9.17, 15) is 9.59 Å². The van der Waals surface area contributed by atoms with Crippen LogP contribution in [0.5, 0.6) is 5.75 Å². The third kappa shape index (κ3) is 6.35. The summed E-state index contributed by atoms with van der Waals surface area (Å²) < 4.78 is 5.70. The highest BCUT2D eigenvalue weighted by Crippen LogP contribution is 2.22. The molecular formula is C16H23ClN4O3. The second-order valence-corrected chi connectivity index (χ2v) is 6.03. The van der Waals surface area contributed by atoms with Gasteiger partial charge in [0.25, 0.3) is 0 Å². The standard InChI is InChI=1S/C16H23ClN4O3/c17-13-3-1-2-4-14(13)24-12-11-21-9-7-20(8-10-21)6-5-15(22)19-16(18)23/h1-4H,5-12H2,(H3,18,19,22,23). The summed E-state index contributed by atoms with van der Waals surface area (Å²) in [6.07, 6.45) is 0.276. The molecule has 0 aromatic heterocycles. The van der Waals surface area contributed by atoms with E-state index in [1.54, 1.807) is 0 Å². The summed E-state index contributed by atoms with van der Waals surface area (Å²) in [7, 11) is 0. The molecule has 3 N–H and O–H groups in total. The molecule has 3 amide bonds. The van der Waals surface area contributed by atoms with Gasteiger partial charge < -0.3 is 15.4 Å². The Hall–Kier alpha value is -1.83. The van der Waals surface area contributed by atoms with Crippen LogP contribution in [0, 0.1) is 0 Å². The average Bonchev–Trinajstić information content (AvgIpc) is 2.55. The Bertz CT molecular complexity index is 562. The number of nitrogens with zero attached hydrogens (tertiary/aromatic N) is 2. The molecule has 1 aromatic carbocycles. The monoisotopic (exact) mass is 354 g/mol. The number of urea groups is 1. The van der Waals surface area contributed by atoms with Crippen LogP contribution in [0.4, 0.5) is 4.79 Å². The van der Waals surface area contributed by atoms with Gasteiger partial charge in [-0.2, -0.15) is 0 Å². The van der Waals surface area contributed by atoms with Gasteiger partial charge >= 0.3 is 6.03 Å². The summed E-state index contributed by atoms with van der Waals surface area (Å²) in [4.78, 5) is 26.5. The number of rotatable bonds is 7. The molecule has 2 rings (SSSR count). The van der Waals surface area contributed by atoms with Crippen molar-refractivity contribution < 1.29 is 14.3 Å². The van der Waals surface area contributed by atoms with E-state index in [1.807, 2.05) is 24.3 Å². The number of primary amides is 1. The minimum absolute atomic E-state index is 0.276. The van der Waals surface area contributed by atoms with Gasteiger partial charge in [-0.25, -0.2) is 4.79 Å². The molecule has 1 aliphatic rings. The second-order valence-electron chi connectivity index (χ2n) is 5.62. The summed E-state index contributed by atoms with van der Waals surface area (Å²) in [5, 5.41) is 2.70. The predicted molar refractivity (Wildman–Crippen MR) is 92.2 cm³/mol. The molecule has 1 heterocycles. The van der Waals surface area contributed by atoms with Gasteiger partial charge in [-0.05, 0) is 12.1 Å². The number of amides is 3. The van der Waals surface area contributed by atoms with E-state index in [1.165, 1.54) is 0 Å². The summed E-state index contributed by atoms with van der Waals surface area (Å²) in [5.74, 6) is 0.372. The third-order valence-corrected chi connectivity index (χ3v) is 4.20. The minimum atomic E-state index is -0.802. The van der Waals surface area contributed by atoms with Crippen molar-refractivity contribution in [2.24, 2.45) is 5.73 Å². The van der Waals surface area contributed by atoms with Crippen molar-refractivity contribution in [2.45, 2.75) is 6.42 Å². The number of benzene rings is 1. The molecule has 1 aromatic rings. The van der Waals surface area contributed by atoms with Crippen LogP contribution >= 0.6 is 11.6 Å². The maximum Gasteiger partial charge on any atom is 0.318 e. The largest absolute Gasteiger partial charge is 0.491 e. The molecule has 132 valence electrons. The van der Waals surface area contributed by atoms with Crippen molar-refractivity contribution in [3.05, 3.63) is 29.3 Å². The van der Waals surface area contributed by atoms with Crippen LogP contribution < -0.4 is 15.8 Å². The second kappa shape index (κ2) is 9.46. The summed E-state index contributed by atoms with van der Waals surface area (Å²) in [6, 6.07) is 6.64. The van der Waals surface area contributed by atoms with Crippen molar-refractivity contribution in [3.63, 3.8) is 0 Å². The molecule has 1 fully saturated rings. The molecule has 24 heavy (non-hydrogen) atoms. The Kier molecular flexibility index (Phi) is 7.30. The summed E-state index contributed by atoms with van der Waals surface area (Å²) in [5.41, 5.74) is 4.91. The van der Waals surface area contributed by atoms with Crippen LogP contribution in [0.2, 0.25) is 5.02 Å². The molecule has 0 saturated carbocycles. The lowest BCUT2D eigenvalue weighted by atomic mass is 10.3. The van der Waals surface area contributed by atoms with Gasteiger partial charge in [-0.15, -0.1) is 0 Å². The number of piperazine rings is 1. The van der Waals surface area contributed by atoms with E-state index in [2.05, 4.69) is 15.1 Å². The molecule has 1 aliphatic heterocycles. The number of hydrogen-bond acceptors (Lipinski definition) is 5. The SMILES string of the molecule is NC(=O)NC(=O)CCN1CCN(CCOc2ccccc2Cl)CC1. The van der Waals surface area contributed by atoms with Crippen LogP contribution in [0.1, 0.15) is 6.42 Å². The molecule has 0 radical (unpaired) electrons. The van der Waals surface area contributed by atoms with Gasteiger partial charge in [0.15, 0.2) is 0 Å². The molecule has 7 nitrogen and oxygen atoms in total. The number of hydrogen-bond donors (Lipinski definition) is 2. The molecule has 0 unspecified atom stereocenters. The summed E-state index contributed by atoms with van der Waals surface area (Å²) in [6.45, 7) is 5.66. The Balaban J connectivity index is 1.60. The number of nitrogens with two attached hydrogens (primary N) is 1. The predicted octanol–water partition coefficient (Wildman–Crippen LogP) is 0.921. The van der Waals surface area contributed by atoms with Crippen LogP contribution in [-0.2, 0) is 4.79 Å². The quantitative estimate of drug-likeness (QED) is 0.760. The van der Waals surface area contributed by atoms with Gasteiger partial charge in [-0.1, -0.05) is 23.7 Å². The Morgan fingerprint density at radius 1 is 1.12 bits per heavy atom. The zero-order valence-electron chi connectivity index (χ0n) is 13.5. The summed E-state index contributed by atoms with van der Waals surface area (Å²) >= 11 is 6.05. The first kappa shape index (κ1) is 18.5. The van der Waals surface area contributed by atoms with Gasteiger partial charge in [0, 0.05) is 45.7 Å². The lowest BCUT2D eigenvalue weighted by Crippen LogP contribution is -2.48. The number of nitrogens with one attached hydrogen (secondary N) is 1. The number of halogens is 1. The number of carbonyl (C=O) groups is 2. The first-order valence-electron chi connectivity index (χ1n) is 7.96. The first-order valence-corrected chi connectivity index (χ1v) is 8.33. The van der Waals surface area contributed by atoms with Crippen molar-refractivity contribution in [3.8, 4) is 5.75 Å². The van der Waals surface area contributed by atoms with Crippen molar-refractivity contribution in [1.82, 2.24) is 15.1 Å². The molecule has 1 saturated heterocycles. The van der Waals surface area contributed by atoms with Crippen LogP contribution in [-0.4, -0.2) is 67.6 Å². The minimum Gasteiger partial charge on any atom is -0.491 e. The zero-order valence-corrected chi connectivity index (χ0v) is 14.3. The average molecular weight is 355 g/mol. The fourth-order valence-electron chi connectivity index (χ4n) is 2.54. The van der Waals surface area contributed by atoms with Crippen molar-refractivity contribution in [2.75, 3.05) is 45.9 Å². The van der Waals surface area contributed by atoms with E-state index in [-0.39, 0.29) is 12.3 Å². The smallest absolute Gasteiger partial charge is 0.318 e. The lowest BCUT2D eigenvalue weighted by molar-refractivity contribution is -0.120. The van der Waals surface area contributed by atoms with Crippen LogP contribution in [0.15, 0.2) is 24.3 Å². The van der Waals surface area contributed by atoms with E-state index >= 15 is 0 Å². The van der Waals surface area contributed by atoms with Crippen molar-refractivity contribution in [1.29, 1.82) is 0 Å². The molecule has 0 atom stereocenters. The molecule has 0 spiro atoms. The number of imide groups is 1. The van der Waals surface area contributed by atoms with Crippen LogP contribution in [0.25, 0.3) is 0 Å². The van der Waals surface area contributed by atoms with Gasteiger partial charge in [-0.3, -0.25) is 15.0 Å². The Labute approximate surface area is 146 Å². The third-order valence-electron chi connectivity index (χ3n) is 3.88. The van der Waals surface area contributed by atoms with E-state index in [0.29, 0.717) is 23.9 Å². The molecule has 8 heteroatoms. The molecule has 0 bridgehead atoms. The number of para-hydroxylation sites is 1. The zero-order chi connectivity index (χ0) is 17.4. The van der Waals surface area contributed by atoms with E-state index < -0.39 is 6.03 Å². The normalized spacial score (nSPS) is 15.9. The fourth-order valence-corrected chi connectivity index (χ4v) is 2.73. The highest BCUT2D eigenvalue weighted by atomic mass is 35.5. The maximum absolute atomic E-state index is 11.4. The molecular weight excluding hydrogens is 332 g/mol. The van der Waals surface area contributed by atoms with Gasteiger partial charge in [0.1, 0.15) is 12.4 Å². The van der Waals surface area contributed by atoms with Crippen LogP contribution in [0.3, 0.4) is 0 Å². The lowest BCUT2D eigenvalue weighted by Gasteiger charge is -2.34. The maximum atomic E-state index is 11.4. The van der Waals surface area contributed by atoms with E-state index in [0.717, 1.165) is 32.7 Å². The Morgan fingerprint density at radius 3 is 2.38 bits per heavy atom. The highest BCUT2D eigenvalue weighted by molar-refractivity contribution is 6.32. The highest BCUT2D eigenvalue weighted by Gasteiger charge is 2.17. The topological polar surface area (TPSA) is 87.9 Å². The fraction of sp³-hybridized carbons (Fsp3) is 0.500. The van der Waals surface area contributed by atoms with E-state index in [4.69, 9.17) is 22.1 Å². The Morgan fingerprint density at radius 2 is 1.75 bits per heavy atom. The number of ether oxygens (including phenoxy) is 1. The van der Waals surface area contributed by atoms with Gasteiger partial charge in [0.2, 0.25) is 5.91 Å².